The fraction of sp³-hybridized carbons (Fsp3) is 0.250. The number of benzene rings is 1. The lowest BCUT2D eigenvalue weighted by molar-refractivity contribution is -0.139. The normalized spacial score (nSPS) is 11.7. The van der Waals surface area contributed by atoms with Crippen LogP contribution < -0.4 is 10.6 Å². The van der Waals surface area contributed by atoms with Crippen LogP contribution in [0.25, 0.3) is 0 Å². The Morgan fingerprint density at radius 3 is 2.50 bits per heavy atom. The number of carbonyl (C=O) groups is 2. The predicted molar refractivity (Wildman–Crippen MR) is 85.4 cm³/mol. The fourth-order valence-corrected chi connectivity index (χ4v) is 2.62. The molecule has 1 heterocycles. The highest BCUT2D eigenvalue weighted by atomic mass is 32.1. The van der Waals surface area contributed by atoms with E-state index in [0.29, 0.717) is 6.54 Å². The summed E-state index contributed by atoms with van der Waals surface area (Å²) in [5.74, 6) is -1.31. The number of thiophene rings is 1. The Morgan fingerprint density at radius 2 is 1.86 bits per heavy atom. The van der Waals surface area contributed by atoms with E-state index in [-0.39, 0.29) is 12.6 Å². The largest absolute Gasteiger partial charge is 0.375 e. The van der Waals surface area contributed by atoms with E-state index in [1.807, 2.05) is 47.2 Å². The van der Waals surface area contributed by atoms with Gasteiger partial charge < -0.3 is 15.4 Å². The Kier molecular flexibility index (Phi) is 6.12. The number of hydrogen-bond acceptors (Lipinski definition) is 4. The van der Waals surface area contributed by atoms with Crippen molar-refractivity contribution in [3.8, 4) is 0 Å². The highest BCUT2D eigenvalue weighted by Crippen LogP contribution is 2.18. The monoisotopic (exact) mass is 318 g/mol. The molecule has 0 bridgehead atoms. The maximum Gasteiger partial charge on any atom is 0.309 e. The average Bonchev–Trinajstić information content (AvgIpc) is 3.08. The van der Waals surface area contributed by atoms with Crippen LogP contribution in [-0.4, -0.2) is 25.5 Å². The van der Waals surface area contributed by atoms with E-state index in [1.54, 1.807) is 18.4 Å². The molecular formula is C16H18N2O3S. The van der Waals surface area contributed by atoms with E-state index in [9.17, 15) is 9.59 Å². The quantitative estimate of drug-likeness (QED) is 0.799. The summed E-state index contributed by atoms with van der Waals surface area (Å²) in [5.41, 5.74) is 1.93. The average molecular weight is 318 g/mol. The van der Waals surface area contributed by atoms with Crippen LogP contribution in [0.1, 0.15) is 17.2 Å². The van der Waals surface area contributed by atoms with Gasteiger partial charge in [-0.2, -0.15) is 11.3 Å². The molecule has 6 heteroatoms. The van der Waals surface area contributed by atoms with E-state index in [0.717, 1.165) is 11.1 Å². The smallest absolute Gasteiger partial charge is 0.309 e. The first-order valence-electron chi connectivity index (χ1n) is 6.85. The molecule has 2 rings (SSSR count). The van der Waals surface area contributed by atoms with Crippen molar-refractivity contribution in [1.82, 2.24) is 10.6 Å². The van der Waals surface area contributed by atoms with Crippen molar-refractivity contribution in [1.29, 1.82) is 0 Å². The molecule has 116 valence electrons. The Balaban J connectivity index is 1.77. The zero-order valence-electron chi connectivity index (χ0n) is 12.2. The Morgan fingerprint density at radius 1 is 1.14 bits per heavy atom. The van der Waals surface area contributed by atoms with Gasteiger partial charge in [0.2, 0.25) is 0 Å². The molecule has 1 atom stereocenters. The third-order valence-electron chi connectivity index (χ3n) is 3.15. The molecule has 0 fully saturated rings. The second-order valence-electron chi connectivity index (χ2n) is 4.66. The molecule has 0 spiro atoms. The van der Waals surface area contributed by atoms with E-state index in [1.165, 1.54) is 0 Å². The molecule has 0 aliphatic rings. The number of amides is 2. The first-order valence-corrected chi connectivity index (χ1v) is 7.80. The molecule has 1 aromatic heterocycles. The van der Waals surface area contributed by atoms with Gasteiger partial charge in [-0.05, 0) is 28.0 Å². The molecule has 0 radical (unpaired) electrons. The fourth-order valence-electron chi connectivity index (χ4n) is 1.92. The molecule has 2 aromatic rings. The summed E-state index contributed by atoms with van der Waals surface area (Å²) in [6, 6.07) is 11.4. The standard InChI is InChI=1S/C16H18N2O3S/c1-21-14(13-7-8-22-11-13)10-18-16(20)15(19)17-9-12-5-3-2-4-6-12/h2-8,11,14H,9-10H2,1H3,(H,17,19)(H,18,20). The van der Waals surface area contributed by atoms with Crippen molar-refractivity contribution < 1.29 is 14.3 Å². The van der Waals surface area contributed by atoms with Gasteiger partial charge in [0, 0.05) is 20.2 Å². The summed E-state index contributed by atoms with van der Waals surface area (Å²) in [5, 5.41) is 9.07. The molecule has 0 saturated heterocycles. The summed E-state index contributed by atoms with van der Waals surface area (Å²) in [4.78, 5) is 23.5. The van der Waals surface area contributed by atoms with Crippen molar-refractivity contribution in [2.75, 3.05) is 13.7 Å². The lowest BCUT2D eigenvalue weighted by Crippen LogP contribution is -2.41. The summed E-state index contributed by atoms with van der Waals surface area (Å²) >= 11 is 1.56. The van der Waals surface area contributed by atoms with Crippen LogP contribution in [-0.2, 0) is 20.9 Å². The van der Waals surface area contributed by atoms with Crippen LogP contribution >= 0.6 is 11.3 Å². The molecule has 0 saturated carbocycles. The summed E-state index contributed by atoms with van der Waals surface area (Å²) < 4.78 is 5.31. The number of ether oxygens (including phenoxy) is 1. The maximum absolute atomic E-state index is 11.8. The van der Waals surface area contributed by atoms with Crippen molar-refractivity contribution >= 4 is 23.2 Å². The lowest BCUT2D eigenvalue weighted by Gasteiger charge is -2.14. The molecule has 22 heavy (non-hydrogen) atoms. The van der Waals surface area contributed by atoms with Gasteiger partial charge in [0.1, 0.15) is 6.10 Å². The minimum absolute atomic E-state index is 0.253. The van der Waals surface area contributed by atoms with Gasteiger partial charge in [-0.15, -0.1) is 0 Å². The third-order valence-corrected chi connectivity index (χ3v) is 3.85. The van der Waals surface area contributed by atoms with Crippen molar-refractivity contribution in [2.24, 2.45) is 0 Å². The number of methoxy groups -OCH3 is 1. The minimum Gasteiger partial charge on any atom is -0.375 e. The van der Waals surface area contributed by atoms with E-state index in [2.05, 4.69) is 10.6 Å². The number of rotatable bonds is 6. The molecule has 1 unspecified atom stereocenters. The minimum atomic E-state index is -0.659. The van der Waals surface area contributed by atoms with Gasteiger partial charge >= 0.3 is 11.8 Å². The van der Waals surface area contributed by atoms with E-state index >= 15 is 0 Å². The second-order valence-corrected chi connectivity index (χ2v) is 5.44. The second kappa shape index (κ2) is 8.31. The predicted octanol–water partition coefficient (Wildman–Crippen LogP) is 1.87. The molecule has 2 N–H and O–H groups in total. The van der Waals surface area contributed by atoms with Crippen LogP contribution in [0.2, 0.25) is 0 Å². The van der Waals surface area contributed by atoms with Gasteiger partial charge in [0.25, 0.3) is 0 Å². The number of nitrogens with one attached hydrogen (secondary N) is 2. The zero-order valence-corrected chi connectivity index (χ0v) is 13.1. The Hall–Kier alpha value is -2.18. The molecule has 5 nitrogen and oxygen atoms in total. The van der Waals surface area contributed by atoms with E-state index < -0.39 is 11.8 Å². The number of hydrogen-bond donors (Lipinski definition) is 2. The third kappa shape index (κ3) is 4.68. The van der Waals surface area contributed by atoms with Gasteiger partial charge in [0.15, 0.2) is 0 Å². The summed E-state index contributed by atoms with van der Waals surface area (Å²) in [6.07, 6.45) is -0.253. The van der Waals surface area contributed by atoms with E-state index in [4.69, 9.17) is 4.74 Å². The summed E-state index contributed by atoms with van der Waals surface area (Å²) in [7, 11) is 1.57. The van der Waals surface area contributed by atoms with Crippen molar-refractivity contribution in [3.63, 3.8) is 0 Å². The Labute approximate surface area is 133 Å². The van der Waals surface area contributed by atoms with Crippen LogP contribution in [0.3, 0.4) is 0 Å². The Bertz CT molecular complexity index is 599. The highest BCUT2D eigenvalue weighted by molar-refractivity contribution is 7.07. The van der Waals surface area contributed by atoms with Crippen LogP contribution in [0, 0.1) is 0 Å². The molecule has 0 aliphatic carbocycles. The molecule has 1 aromatic carbocycles. The molecule has 0 aliphatic heterocycles. The lowest BCUT2D eigenvalue weighted by atomic mass is 10.2. The summed E-state index contributed by atoms with van der Waals surface area (Å²) in [6.45, 7) is 0.580. The van der Waals surface area contributed by atoms with Crippen LogP contribution in [0.5, 0.6) is 0 Å². The van der Waals surface area contributed by atoms with Crippen LogP contribution in [0.4, 0.5) is 0 Å². The van der Waals surface area contributed by atoms with Crippen LogP contribution in [0.15, 0.2) is 47.2 Å². The van der Waals surface area contributed by atoms with Gasteiger partial charge in [0.05, 0.1) is 0 Å². The SMILES string of the molecule is COC(CNC(=O)C(=O)NCc1ccccc1)c1ccsc1. The highest BCUT2D eigenvalue weighted by Gasteiger charge is 2.16. The zero-order chi connectivity index (χ0) is 15.8. The number of carbonyl (C=O) groups excluding carboxylic acids is 2. The topological polar surface area (TPSA) is 67.4 Å². The molecule has 2 amide bonds. The first-order chi connectivity index (χ1) is 10.7. The van der Waals surface area contributed by atoms with Crippen molar-refractivity contribution in [2.45, 2.75) is 12.6 Å². The van der Waals surface area contributed by atoms with Gasteiger partial charge in [-0.1, -0.05) is 30.3 Å². The van der Waals surface area contributed by atoms with Crippen molar-refractivity contribution in [3.05, 3.63) is 58.3 Å². The van der Waals surface area contributed by atoms with Gasteiger partial charge in [-0.25, -0.2) is 0 Å². The molecular weight excluding hydrogens is 300 g/mol. The first kappa shape index (κ1) is 16.2. The maximum atomic E-state index is 11.8. The van der Waals surface area contributed by atoms with Gasteiger partial charge in [-0.3, -0.25) is 9.59 Å².